The second-order valence-electron chi connectivity index (χ2n) is 11.8. The van der Waals surface area contributed by atoms with Gasteiger partial charge < -0.3 is 24.6 Å². The number of ether oxygens (including phenoxy) is 2. The topological polar surface area (TPSA) is 111 Å². The van der Waals surface area contributed by atoms with E-state index in [1.165, 1.54) is 0 Å². The Hall–Kier alpha value is -4.09. The Bertz CT molecular complexity index is 1510. The van der Waals surface area contributed by atoms with Crippen molar-refractivity contribution < 1.29 is 14.3 Å². The third-order valence-electron chi connectivity index (χ3n) is 7.45. The highest BCUT2D eigenvalue weighted by Gasteiger charge is 2.19. The number of aromatic nitrogens is 5. The van der Waals surface area contributed by atoms with Crippen LogP contribution in [0.4, 0.5) is 5.69 Å². The maximum Gasteiger partial charge on any atom is 0.246 e. The average Bonchev–Trinajstić information content (AvgIpc) is 3.45. The van der Waals surface area contributed by atoms with Crippen LogP contribution in [0.3, 0.4) is 0 Å². The standard InChI is InChI=1S/C31H40N8O3/c1-31(2,3)28-19-39(36-35-28)20-29(40)34-23-9-7-22(8-10-23)30-24-17-26(41-5)27(18-25(24)32-21-33-30)42-16-6-11-38-14-12-37(4)13-15-38/h7-10,17-19,21H,6,11-16,20H2,1-5H3,(H,34,40). The summed E-state index contributed by atoms with van der Waals surface area (Å²) in [6.45, 7) is 12.3. The normalized spacial score (nSPS) is 14.7. The smallest absolute Gasteiger partial charge is 0.246 e. The van der Waals surface area contributed by atoms with Crippen LogP contribution in [-0.4, -0.2) is 94.2 Å². The predicted octanol–water partition coefficient (Wildman–Crippen LogP) is 3.85. The molecule has 2 aromatic carbocycles. The highest BCUT2D eigenvalue weighted by Crippen LogP contribution is 2.35. The quantitative estimate of drug-likeness (QED) is 0.283. The highest BCUT2D eigenvalue weighted by molar-refractivity contribution is 5.95. The summed E-state index contributed by atoms with van der Waals surface area (Å²) in [4.78, 5) is 26.5. The Labute approximate surface area is 246 Å². The minimum absolute atomic E-state index is 0.0848. The average molecular weight is 573 g/mol. The van der Waals surface area contributed by atoms with E-state index in [9.17, 15) is 4.79 Å². The monoisotopic (exact) mass is 572 g/mol. The van der Waals surface area contributed by atoms with Gasteiger partial charge >= 0.3 is 0 Å². The number of amides is 1. The zero-order valence-corrected chi connectivity index (χ0v) is 25.1. The molecule has 0 unspecified atom stereocenters. The molecular weight excluding hydrogens is 532 g/mol. The zero-order valence-electron chi connectivity index (χ0n) is 25.1. The number of hydrogen-bond donors (Lipinski definition) is 1. The van der Waals surface area contributed by atoms with Gasteiger partial charge in [0.1, 0.15) is 12.9 Å². The lowest BCUT2D eigenvalue weighted by Gasteiger charge is -2.32. The summed E-state index contributed by atoms with van der Waals surface area (Å²) < 4.78 is 13.4. The van der Waals surface area contributed by atoms with Gasteiger partial charge in [-0.1, -0.05) is 38.1 Å². The Morgan fingerprint density at radius 3 is 2.48 bits per heavy atom. The van der Waals surface area contributed by atoms with E-state index in [4.69, 9.17) is 9.47 Å². The van der Waals surface area contributed by atoms with E-state index in [0.717, 1.165) is 67.0 Å². The fourth-order valence-electron chi connectivity index (χ4n) is 4.89. The number of nitrogens with zero attached hydrogens (tertiary/aromatic N) is 7. The molecule has 5 rings (SSSR count). The second kappa shape index (κ2) is 12.8. The van der Waals surface area contributed by atoms with E-state index in [1.54, 1.807) is 18.1 Å². The first-order valence-corrected chi connectivity index (χ1v) is 14.4. The lowest BCUT2D eigenvalue weighted by Crippen LogP contribution is -2.44. The molecule has 2 aromatic heterocycles. The van der Waals surface area contributed by atoms with Crippen molar-refractivity contribution in [1.29, 1.82) is 0 Å². The molecular formula is C31H40N8O3. The number of carbonyl (C=O) groups excluding carboxylic acids is 1. The van der Waals surface area contributed by atoms with Crippen molar-refractivity contribution in [3.63, 3.8) is 0 Å². The molecule has 0 aliphatic carbocycles. The van der Waals surface area contributed by atoms with Crippen LogP contribution in [0.2, 0.25) is 0 Å². The maximum absolute atomic E-state index is 12.6. The summed E-state index contributed by atoms with van der Waals surface area (Å²) in [6.07, 6.45) is 4.31. The van der Waals surface area contributed by atoms with Gasteiger partial charge in [-0.15, -0.1) is 5.10 Å². The number of hydrogen-bond acceptors (Lipinski definition) is 9. The number of piperazine rings is 1. The molecule has 0 spiro atoms. The summed E-state index contributed by atoms with van der Waals surface area (Å²) in [5.74, 6) is 1.14. The summed E-state index contributed by atoms with van der Waals surface area (Å²) in [6, 6.07) is 11.4. The molecule has 0 saturated carbocycles. The van der Waals surface area contributed by atoms with Gasteiger partial charge in [0.2, 0.25) is 5.91 Å². The van der Waals surface area contributed by atoms with Crippen LogP contribution >= 0.6 is 0 Å². The molecule has 1 fully saturated rings. The van der Waals surface area contributed by atoms with Crippen LogP contribution < -0.4 is 14.8 Å². The molecule has 1 saturated heterocycles. The fourth-order valence-corrected chi connectivity index (χ4v) is 4.89. The van der Waals surface area contributed by atoms with Crippen LogP contribution in [0, 0.1) is 0 Å². The van der Waals surface area contributed by atoms with E-state index in [2.05, 4.69) is 63.2 Å². The van der Waals surface area contributed by atoms with Gasteiger partial charge in [0.15, 0.2) is 11.5 Å². The molecule has 0 bridgehead atoms. The van der Waals surface area contributed by atoms with Gasteiger partial charge in [-0.05, 0) is 31.7 Å². The van der Waals surface area contributed by atoms with Crippen molar-refractivity contribution in [3.05, 3.63) is 54.6 Å². The first kappa shape index (κ1) is 29.4. The van der Waals surface area contributed by atoms with E-state index in [1.807, 2.05) is 42.6 Å². The van der Waals surface area contributed by atoms with E-state index >= 15 is 0 Å². The van der Waals surface area contributed by atoms with Crippen molar-refractivity contribution in [3.8, 4) is 22.8 Å². The van der Waals surface area contributed by atoms with Gasteiger partial charge in [0, 0.05) is 67.0 Å². The number of nitrogens with one attached hydrogen (secondary N) is 1. The van der Waals surface area contributed by atoms with Crippen LogP contribution in [0.15, 0.2) is 48.9 Å². The van der Waals surface area contributed by atoms with Crippen LogP contribution in [-0.2, 0) is 16.8 Å². The molecule has 11 nitrogen and oxygen atoms in total. The van der Waals surface area contributed by atoms with Crippen LogP contribution in [0.1, 0.15) is 32.9 Å². The van der Waals surface area contributed by atoms with Crippen molar-refractivity contribution in [2.24, 2.45) is 0 Å². The number of rotatable bonds is 10. The van der Waals surface area contributed by atoms with E-state index in [-0.39, 0.29) is 17.9 Å². The van der Waals surface area contributed by atoms with Gasteiger partial charge in [-0.25, -0.2) is 14.6 Å². The SMILES string of the molecule is COc1cc2c(-c3ccc(NC(=O)Cn4cc(C(C)(C)C)nn4)cc3)ncnc2cc1OCCCN1CCN(C)CC1. The Morgan fingerprint density at radius 2 is 1.79 bits per heavy atom. The molecule has 11 heteroatoms. The molecule has 1 N–H and O–H groups in total. The van der Waals surface area contributed by atoms with Crippen molar-refractivity contribution in [2.45, 2.75) is 39.2 Å². The number of carbonyl (C=O) groups is 1. The van der Waals surface area contributed by atoms with Crippen LogP contribution in [0.5, 0.6) is 11.5 Å². The summed E-state index contributed by atoms with van der Waals surface area (Å²) in [5, 5.41) is 12.0. The minimum Gasteiger partial charge on any atom is -0.493 e. The number of anilines is 1. The number of methoxy groups -OCH3 is 1. The third-order valence-corrected chi connectivity index (χ3v) is 7.45. The molecule has 1 aliphatic heterocycles. The molecule has 4 aromatic rings. The molecule has 1 amide bonds. The lowest BCUT2D eigenvalue weighted by molar-refractivity contribution is -0.116. The first-order chi connectivity index (χ1) is 20.2. The second-order valence-corrected chi connectivity index (χ2v) is 11.8. The minimum atomic E-state index is -0.179. The van der Waals surface area contributed by atoms with E-state index < -0.39 is 0 Å². The predicted molar refractivity (Wildman–Crippen MR) is 163 cm³/mol. The summed E-state index contributed by atoms with van der Waals surface area (Å²) in [5.41, 5.74) is 3.84. The number of fused-ring (bicyclic) bond motifs is 1. The van der Waals surface area contributed by atoms with Gasteiger partial charge in [-0.2, -0.15) is 0 Å². The lowest BCUT2D eigenvalue weighted by atomic mass is 9.93. The maximum atomic E-state index is 12.6. The first-order valence-electron chi connectivity index (χ1n) is 14.4. The van der Waals surface area contributed by atoms with E-state index in [0.29, 0.717) is 23.8 Å². The summed E-state index contributed by atoms with van der Waals surface area (Å²) >= 11 is 0. The molecule has 42 heavy (non-hydrogen) atoms. The molecule has 0 atom stereocenters. The van der Waals surface area contributed by atoms with Crippen molar-refractivity contribution in [1.82, 2.24) is 34.8 Å². The largest absolute Gasteiger partial charge is 0.493 e. The third kappa shape index (κ3) is 7.21. The fraction of sp³-hybridized carbons (Fsp3) is 0.452. The number of likely N-dealkylation sites (N-methyl/N-ethyl adjacent to an activating group) is 1. The summed E-state index contributed by atoms with van der Waals surface area (Å²) in [7, 11) is 3.81. The van der Waals surface area contributed by atoms with Crippen molar-refractivity contribution >= 4 is 22.5 Å². The Kier molecular flexibility index (Phi) is 8.98. The Balaban J connectivity index is 1.23. The zero-order chi connectivity index (χ0) is 29.7. The highest BCUT2D eigenvalue weighted by atomic mass is 16.5. The van der Waals surface area contributed by atoms with Gasteiger partial charge in [-0.3, -0.25) is 4.79 Å². The molecule has 0 radical (unpaired) electrons. The Morgan fingerprint density at radius 1 is 1.02 bits per heavy atom. The van der Waals surface area contributed by atoms with Gasteiger partial charge in [0.25, 0.3) is 0 Å². The van der Waals surface area contributed by atoms with Crippen LogP contribution in [0.25, 0.3) is 22.2 Å². The number of benzene rings is 2. The van der Waals surface area contributed by atoms with Crippen molar-refractivity contribution in [2.75, 3.05) is 58.8 Å². The molecule has 1 aliphatic rings. The molecule has 3 heterocycles. The molecule has 222 valence electrons. The van der Waals surface area contributed by atoms with Gasteiger partial charge in [0.05, 0.1) is 30.6 Å².